The van der Waals surface area contributed by atoms with Crippen molar-refractivity contribution in [1.29, 1.82) is 0 Å². The molecule has 1 aliphatic heterocycles. The van der Waals surface area contributed by atoms with Crippen LogP contribution in [0.2, 0.25) is 0 Å². The van der Waals surface area contributed by atoms with Gasteiger partial charge in [0, 0.05) is 26.2 Å². The standard InChI is InChI=1S/C11H24N2O/c1-3-6-12-7-8-13(2)10-11-5-4-9-14-11/h11-12H,3-10H2,1-2H3. The van der Waals surface area contributed by atoms with Crippen LogP contribution in [0.1, 0.15) is 26.2 Å². The Kier molecular flexibility index (Phi) is 6.15. The molecule has 0 radical (unpaired) electrons. The first-order valence-electron chi connectivity index (χ1n) is 5.83. The third-order valence-corrected chi connectivity index (χ3v) is 2.64. The fourth-order valence-corrected chi connectivity index (χ4v) is 1.80. The Hall–Kier alpha value is -0.120. The third-order valence-electron chi connectivity index (χ3n) is 2.64. The van der Waals surface area contributed by atoms with Crippen LogP contribution in [0.15, 0.2) is 0 Å². The van der Waals surface area contributed by atoms with Crippen LogP contribution < -0.4 is 5.32 Å². The van der Waals surface area contributed by atoms with Crippen molar-refractivity contribution in [3.63, 3.8) is 0 Å². The number of hydrogen-bond donors (Lipinski definition) is 1. The Morgan fingerprint density at radius 3 is 2.93 bits per heavy atom. The van der Waals surface area contributed by atoms with E-state index in [1.54, 1.807) is 0 Å². The van der Waals surface area contributed by atoms with Crippen LogP contribution in [0, 0.1) is 0 Å². The van der Waals surface area contributed by atoms with Crippen molar-refractivity contribution in [3.05, 3.63) is 0 Å². The maximum absolute atomic E-state index is 5.59. The Morgan fingerprint density at radius 2 is 2.29 bits per heavy atom. The molecule has 1 aliphatic rings. The molecule has 0 aromatic carbocycles. The molecule has 84 valence electrons. The minimum atomic E-state index is 0.492. The predicted octanol–water partition coefficient (Wildman–Crippen LogP) is 1.10. The van der Waals surface area contributed by atoms with Gasteiger partial charge in [-0.15, -0.1) is 0 Å². The number of ether oxygens (including phenoxy) is 1. The summed E-state index contributed by atoms with van der Waals surface area (Å²) in [7, 11) is 2.18. The topological polar surface area (TPSA) is 24.5 Å². The fourth-order valence-electron chi connectivity index (χ4n) is 1.80. The lowest BCUT2D eigenvalue weighted by molar-refractivity contribution is 0.0815. The van der Waals surface area contributed by atoms with Gasteiger partial charge in [-0.25, -0.2) is 0 Å². The molecule has 0 amide bonds. The van der Waals surface area contributed by atoms with Gasteiger partial charge in [0.15, 0.2) is 0 Å². The van der Waals surface area contributed by atoms with Gasteiger partial charge in [0.05, 0.1) is 6.10 Å². The summed E-state index contributed by atoms with van der Waals surface area (Å²) in [6.45, 7) is 7.61. The molecule has 1 N–H and O–H groups in total. The summed E-state index contributed by atoms with van der Waals surface area (Å²) in [5, 5.41) is 3.41. The average molecular weight is 200 g/mol. The van der Waals surface area contributed by atoms with Crippen LogP contribution >= 0.6 is 0 Å². The van der Waals surface area contributed by atoms with Crippen LogP contribution in [-0.4, -0.2) is 50.8 Å². The molecule has 0 aliphatic carbocycles. The van der Waals surface area contributed by atoms with Gasteiger partial charge in [-0.2, -0.15) is 0 Å². The highest BCUT2D eigenvalue weighted by molar-refractivity contribution is 4.68. The smallest absolute Gasteiger partial charge is 0.0702 e. The monoisotopic (exact) mass is 200 g/mol. The summed E-state index contributed by atoms with van der Waals surface area (Å²) >= 11 is 0. The Bertz CT molecular complexity index is 135. The van der Waals surface area contributed by atoms with Gasteiger partial charge < -0.3 is 15.0 Å². The van der Waals surface area contributed by atoms with Gasteiger partial charge in [-0.1, -0.05) is 6.92 Å². The van der Waals surface area contributed by atoms with Crippen molar-refractivity contribution in [1.82, 2.24) is 10.2 Å². The Balaban J connectivity index is 1.95. The Labute approximate surface area is 87.8 Å². The molecule has 1 saturated heterocycles. The molecule has 0 aromatic heterocycles. The number of nitrogens with zero attached hydrogens (tertiary/aromatic N) is 1. The molecule has 1 unspecified atom stereocenters. The molecular formula is C11H24N2O. The van der Waals surface area contributed by atoms with Crippen LogP contribution in [0.5, 0.6) is 0 Å². The lowest BCUT2D eigenvalue weighted by Crippen LogP contribution is -2.34. The van der Waals surface area contributed by atoms with E-state index in [2.05, 4.69) is 24.2 Å². The van der Waals surface area contributed by atoms with Crippen LogP contribution in [-0.2, 0) is 4.74 Å². The van der Waals surface area contributed by atoms with Gasteiger partial charge >= 0.3 is 0 Å². The average Bonchev–Trinajstić information content (AvgIpc) is 2.65. The van der Waals surface area contributed by atoms with Gasteiger partial charge in [0.1, 0.15) is 0 Å². The molecule has 0 spiro atoms. The van der Waals surface area contributed by atoms with E-state index in [-0.39, 0.29) is 0 Å². The van der Waals surface area contributed by atoms with Crippen LogP contribution in [0.4, 0.5) is 0 Å². The third kappa shape index (κ3) is 4.94. The molecule has 0 aromatic rings. The second kappa shape index (κ2) is 7.21. The van der Waals surface area contributed by atoms with Crippen molar-refractivity contribution < 1.29 is 4.74 Å². The fraction of sp³-hybridized carbons (Fsp3) is 1.00. The maximum Gasteiger partial charge on any atom is 0.0702 e. The van der Waals surface area contributed by atoms with Gasteiger partial charge in [0.2, 0.25) is 0 Å². The quantitative estimate of drug-likeness (QED) is 0.623. The zero-order valence-corrected chi connectivity index (χ0v) is 9.59. The molecule has 1 atom stereocenters. The van der Waals surface area contributed by atoms with Crippen molar-refractivity contribution in [3.8, 4) is 0 Å². The second-order valence-corrected chi connectivity index (χ2v) is 4.15. The second-order valence-electron chi connectivity index (χ2n) is 4.15. The predicted molar refractivity (Wildman–Crippen MR) is 59.6 cm³/mol. The van der Waals surface area contributed by atoms with E-state index in [0.29, 0.717) is 6.10 Å². The first-order valence-corrected chi connectivity index (χ1v) is 5.83. The number of hydrogen-bond acceptors (Lipinski definition) is 3. The first-order chi connectivity index (χ1) is 6.83. The van der Waals surface area contributed by atoms with E-state index in [4.69, 9.17) is 4.74 Å². The zero-order valence-electron chi connectivity index (χ0n) is 9.59. The van der Waals surface area contributed by atoms with E-state index in [1.165, 1.54) is 19.3 Å². The highest BCUT2D eigenvalue weighted by Gasteiger charge is 2.16. The molecular weight excluding hydrogens is 176 g/mol. The molecule has 1 rings (SSSR count). The van der Waals surface area contributed by atoms with Gasteiger partial charge in [-0.05, 0) is 32.9 Å². The summed E-state index contributed by atoms with van der Waals surface area (Å²) in [5.41, 5.74) is 0. The molecule has 0 saturated carbocycles. The van der Waals surface area contributed by atoms with Crippen LogP contribution in [0.25, 0.3) is 0 Å². The SMILES string of the molecule is CCCNCCN(C)CC1CCCO1. The van der Waals surface area contributed by atoms with E-state index in [9.17, 15) is 0 Å². The minimum absolute atomic E-state index is 0.492. The summed E-state index contributed by atoms with van der Waals surface area (Å²) in [6.07, 6.45) is 4.19. The summed E-state index contributed by atoms with van der Waals surface area (Å²) in [5.74, 6) is 0. The number of nitrogens with one attached hydrogen (secondary N) is 1. The highest BCUT2D eigenvalue weighted by atomic mass is 16.5. The van der Waals surface area contributed by atoms with Crippen molar-refractivity contribution in [2.24, 2.45) is 0 Å². The lowest BCUT2D eigenvalue weighted by atomic mass is 10.2. The van der Waals surface area contributed by atoms with Crippen molar-refractivity contribution in [2.45, 2.75) is 32.3 Å². The molecule has 3 heteroatoms. The normalized spacial score (nSPS) is 22.1. The van der Waals surface area contributed by atoms with Crippen molar-refractivity contribution in [2.75, 3.05) is 39.8 Å². The summed E-state index contributed by atoms with van der Waals surface area (Å²) < 4.78 is 5.59. The number of likely N-dealkylation sites (N-methyl/N-ethyl adjacent to an activating group) is 1. The summed E-state index contributed by atoms with van der Waals surface area (Å²) in [6, 6.07) is 0. The van der Waals surface area contributed by atoms with Crippen LogP contribution in [0.3, 0.4) is 0 Å². The van der Waals surface area contributed by atoms with E-state index < -0.39 is 0 Å². The first kappa shape index (κ1) is 12.0. The lowest BCUT2D eigenvalue weighted by Gasteiger charge is -2.20. The molecule has 1 heterocycles. The van der Waals surface area contributed by atoms with Gasteiger partial charge in [-0.3, -0.25) is 0 Å². The van der Waals surface area contributed by atoms with Gasteiger partial charge in [0.25, 0.3) is 0 Å². The molecule has 1 fully saturated rings. The maximum atomic E-state index is 5.59. The van der Waals surface area contributed by atoms with E-state index in [1.807, 2.05) is 0 Å². The zero-order chi connectivity index (χ0) is 10.2. The number of rotatable bonds is 7. The molecule has 0 bridgehead atoms. The van der Waals surface area contributed by atoms with E-state index >= 15 is 0 Å². The molecule has 3 nitrogen and oxygen atoms in total. The Morgan fingerprint density at radius 1 is 1.43 bits per heavy atom. The largest absolute Gasteiger partial charge is 0.377 e. The summed E-state index contributed by atoms with van der Waals surface area (Å²) in [4.78, 5) is 2.36. The van der Waals surface area contributed by atoms with Crippen molar-refractivity contribution >= 4 is 0 Å². The molecule has 14 heavy (non-hydrogen) atoms. The van der Waals surface area contributed by atoms with E-state index in [0.717, 1.165) is 32.8 Å². The highest BCUT2D eigenvalue weighted by Crippen LogP contribution is 2.12. The minimum Gasteiger partial charge on any atom is -0.377 e.